The fraction of sp³-hybridized carbons (Fsp3) is 0.556. The highest BCUT2D eigenvalue weighted by molar-refractivity contribution is 6.30. The Bertz CT molecular complexity index is 595. The van der Waals surface area contributed by atoms with Gasteiger partial charge < -0.3 is 10.1 Å². The number of carbonyl (C=O) groups excluding carboxylic acids is 2. The van der Waals surface area contributed by atoms with E-state index < -0.39 is 17.7 Å². The minimum atomic E-state index is -0.572. The first-order valence-corrected chi connectivity index (χ1v) is 8.60. The molecule has 0 bridgehead atoms. The van der Waals surface area contributed by atoms with Gasteiger partial charge in [0.15, 0.2) is 0 Å². The number of carbonyl (C=O) groups is 2. The van der Waals surface area contributed by atoms with Gasteiger partial charge in [-0.15, -0.1) is 0 Å². The van der Waals surface area contributed by atoms with Crippen molar-refractivity contribution in [3.05, 3.63) is 34.9 Å². The molecule has 2 atom stereocenters. The second kappa shape index (κ2) is 7.43. The zero-order chi connectivity index (χ0) is 17.9. The van der Waals surface area contributed by atoms with E-state index in [0.717, 1.165) is 12.0 Å². The standard InChI is InChI=1S/C18H25ClN2O3/c1-12(13-7-9-14(19)10-8-13)20-16(22)15-6-5-11-21(15)17(23)24-18(2,3)4/h7-10,12,15H,5-6,11H2,1-4H3,(H,20,22)/t12-,15-/m0/s1. The number of hydrogen-bond acceptors (Lipinski definition) is 3. The molecule has 5 nitrogen and oxygen atoms in total. The summed E-state index contributed by atoms with van der Waals surface area (Å²) < 4.78 is 5.40. The number of likely N-dealkylation sites (tertiary alicyclic amines) is 1. The van der Waals surface area contributed by atoms with Crippen molar-refractivity contribution in [2.24, 2.45) is 0 Å². The molecule has 1 heterocycles. The van der Waals surface area contributed by atoms with Crippen molar-refractivity contribution in [3.8, 4) is 0 Å². The van der Waals surface area contributed by atoms with E-state index in [0.29, 0.717) is 18.0 Å². The number of benzene rings is 1. The molecule has 0 saturated carbocycles. The van der Waals surface area contributed by atoms with Crippen molar-refractivity contribution in [1.29, 1.82) is 0 Å². The lowest BCUT2D eigenvalue weighted by Crippen LogP contribution is -2.48. The molecular weight excluding hydrogens is 328 g/mol. The summed E-state index contributed by atoms with van der Waals surface area (Å²) >= 11 is 5.89. The predicted molar refractivity (Wildman–Crippen MR) is 94.0 cm³/mol. The molecule has 1 aliphatic heterocycles. The highest BCUT2D eigenvalue weighted by Gasteiger charge is 2.36. The van der Waals surface area contributed by atoms with E-state index in [4.69, 9.17) is 16.3 Å². The number of nitrogens with one attached hydrogen (secondary N) is 1. The van der Waals surface area contributed by atoms with Crippen LogP contribution in [0.4, 0.5) is 4.79 Å². The third-order valence-electron chi connectivity index (χ3n) is 3.91. The molecule has 1 fully saturated rings. The molecule has 0 aliphatic carbocycles. The quantitative estimate of drug-likeness (QED) is 0.897. The summed E-state index contributed by atoms with van der Waals surface area (Å²) in [6, 6.07) is 6.72. The molecule has 1 N–H and O–H groups in total. The lowest BCUT2D eigenvalue weighted by molar-refractivity contribution is -0.126. The molecule has 132 valence electrons. The van der Waals surface area contributed by atoms with Crippen LogP contribution in [0, 0.1) is 0 Å². The van der Waals surface area contributed by atoms with E-state index in [-0.39, 0.29) is 11.9 Å². The number of ether oxygens (including phenoxy) is 1. The summed E-state index contributed by atoms with van der Waals surface area (Å²) in [7, 11) is 0. The maximum absolute atomic E-state index is 12.6. The Kier molecular flexibility index (Phi) is 5.75. The second-order valence-electron chi connectivity index (χ2n) is 7.11. The Balaban J connectivity index is 2.00. The van der Waals surface area contributed by atoms with Crippen LogP contribution in [0.2, 0.25) is 5.02 Å². The van der Waals surface area contributed by atoms with Gasteiger partial charge in [-0.1, -0.05) is 23.7 Å². The van der Waals surface area contributed by atoms with Crippen LogP contribution >= 0.6 is 11.6 Å². The van der Waals surface area contributed by atoms with Gasteiger partial charge in [-0.2, -0.15) is 0 Å². The van der Waals surface area contributed by atoms with Crippen LogP contribution in [0.5, 0.6) is 0 Å². The van der Waals surface area contributed by atoms with E-state index in [1.165, 1.54) is 4.90 Å². The zero-order valence-corrected chi connectivity index (χ0v) is 15.4. The highest BCUT2D eigenvalue weighted by atomic mass is 35.5. The Labute approximate surface area is 148 Å². The highest BCUT2D eigenvalue weighted by Crippen LogP contribution is 2.22. The minimum absolute atomic E-state index is 0.152. The maximum Gasteiger partial charge on any atom is 0.410 e. The molecular formula is C18H25ClN2O3. The van der Waals surface area contributed by atoms with Crippen molar-refractivity contribution in [1.82, 2.24) is 10.2 Å². The van der Waals surface area contributed by atoms with E-state index >= 15 is 0 Å². The Hall–Kier alpha value is -1.75. The molecule has 1 aromatic rings. The van der Waals surface area contributed by atoms with Crippen LogP contribution in [0.1, 0.15) is 52.1 Å². The van der Waals surface area contributed by atoms with Crippen LogP contribution < -0.4 is 5.32 Å². The normalized spacial score (nSPS) is 19.0. The average molecular weight is 353 g/mol. The topological polar surface area (TPSA) is 58.6 Å². The number of nitrogens with zero attached hydrogens (tertiary/aromatic N) is 1. The third kappa shape index (κ3) is 4.87. The smallest absolute Gasteiger partial charge is 0.410 e. The van der Waals surface area contributed by atoms with E-state index in [1.807, 2.05) is 39.8 Å². The molecule has 2 amide bonds. The van der Waals surface area contributed by atoms with Gasteiger partial charge in [-0.3, -0.25) is 9.69 Å². The molecule has 0 unspecified atom stereocenters. The molecule has 2 rings (SSSR count). The van der Waals surface area contributed by atoms with Gasteiger partial charge in [0.2, 0.25) is 5.91 Å². The second-order valence-corrected chi connectivity index (χ2v) is 7.55. The zero-order valence-electron chi connectivity index (χ0n) is 14.6. The van der Waals surface area contributed by atoms with Gasteiger partial charge >= 0.3 is 6.09 Å². The summed E-state index contributed by atoms with van der Waals surface area (Å²) in [5, 5.41) is 3.63. The van der Waals surface area contributed by atoms with Gasteiger partial charge in [-0.25, -0.2) is 4.79 Å². The van der Waals surface area contributed by atoms with E-state index in [2.05, 4.69) is 5.32 Å². The number of halogens is 1. The fourth-order valence-electron chi connectivity index (χ4n) is 2.72. The SMILES string of the molecule is C[C@H](NC(=O)[C@@H]1CCCN1C(=O)OC(C)(C)C)c1ccc(Cl)cc1. The largest absolute Gasteiger partial charge is 0.444 e. The Morgan fingerprint density at radius 2 is 1.92 bits per heavy atom. The predicted octanol–water partition coefficient (Wildman–Crippen LogP) is 3.92. The first-order valence-electron chi connectivity index (χ1n) is 8.23. The van der Waals surface area contributed by atoms with Crippen LogP contribution in [-0.4, -0.2) is 35.1 Å². The monoisotopic (exact) mass is 352 g/mol. The molecule has 24 heavy (non-hydrogen) atoms. The molecule has 1 aromatic carbocycles. The molecule has 1 saturated heterocycles. The number of hydrogen-bond donors (Lipinski definition) is 1. The summed E-state index contributed by atoms with van der Waals surface area (Å²) in [4.78, 5) is 26.4. The maximum atomic E-state index is 12.6. The number of rotatable bonds is 3. The summed E-state index contributed by atoms with van der Waals surface area (Å²) in [6.07, 6.45) is 1.02. The molecule has 0 radical (unpaired) electrons. The number of amides is 2. The van der Waals surface area contributed by atoms with E-state index in [9.17, 15) is 9.59 Å². The van der Waals surface area contributed by atoms with Gasteiger partial charge in [0.1, 0.15) is 11.6 Å². The van der Waals surface area contributed by atoms with Crippen molar-refractivity contribution < 1.29 is 14.3 Å². The van der Waals surface area contributed by atoms with Gasteiger partial charge in [0.05, 0.1) is 6.04 Å². The third-order valence-corrected chi connectivity index (χ3v) is 4.16. The average Bonchev–Trinajstić information content (AvgIpc) is 2.95. The summed E-state index contributed by atoms with van der Waals surface area (Å²) in [5.74, 6) is -0.152. The van der Waals surface area contributed by atoms with Crippen molar-refractivity contribution >= 4 is 23.6 Å². The molecule has 0 aromatic heterocycles. The van der Waals surface area contributed by atoms with Crippen LogP contribution in [0.25, 0.3) is 0 Å². The Morgan fingerprint density at radius 3 is 2.50 bits per heavy atom. The molecule has 6 heteroatoms. The van der Waals surface area contributed by atoms with Crippen LogP contribution in [0.3, 0.4) is 0 Å². The van der Waals surface area contributed by atoms with Crippen molar-refractivity contribution in [2.45, 2.75) is 58.2 Å². The lowest BCUT2D eigenvalue weighted by Gasteiger charge is -2.28. The Morgan fingerprint density at radius 1 is 1.29 bits per heavy atom. The first kappa shape index (κ1) is 18.6. The van der Waals surface area contributed by atoms with E-state index in [1.54, 1.807) is 12.1 Å². The summed E-state index contributed by atoms with van der Waals surface area (Å²) in [5.41, 5.74) is 0.395. The minimum Gasteiger partial charge on any atom is -0.444 e. The van der Waals surface area contributed by atoms with Gasteiger partial charge in [-0.05, 0) is 58.2 Å². The molecule has 1 aliphatic rings. The summed E-state index contributed by atoms with van der Waals surface area (Å²) in [6.45, 7) is 7.91. The first-order chi connectivity index (χ1) is 11.2. The van der Waals surface area contributed by atoms with Crippen LogP contribution in [0.15, 0.2) is 24.3 Å². The lowest BCUT2D eigenvalue weighted by atomic mass is 10.1. The van der Waals surface area contributed by atoms with Crippen molar-refractivity contribution in [2.75, 3.05) is 6.54 Å². The van der Waals surface area contributed by atoms with Crippen molar-refractivity contribution in [3.63, 3.8) is 0 Å². The fourth-order valence-corrected chi connectivity index (χ4v) is 2.85. The molecule has 0 spiro atoms. The van der Waals surface area contributed by atoms with Crippen LogP contribution in [-0.2, 0) is 9.53 Å². The van der Waals surface area contributed by atoms with Gasteiger partial charge in [0, 0.05) is 11.6 Å². The van der Waals surface area contributed by atoms with Gasteiger partial charge in [0.25, 0.3) is 0 Å².